The van der Waals surface area contributed by atoms with E-state index < -0.39 is 26.6 Å². The molecule has 8 heteroatoms. The molecule has 28 heavy (non-hydrogen) atoms. The van der Waals surface area contributed by atoms with Crippen molar-refractivity contribution in [2.24, 2.45) is 0 Å². The topological polar surface area (TPSA) is 78.5 Å². The van der Waals surface area contributed by atoms with Gasteiger partial charge in [-0.1, -0.05) is 36.4 Å². The van der Waals surface area contributed by atoms with E-state index in [1.165, 1.54) is 12.1 Å². The average Bonchev–Trinajstić information content (AvgIpc) is 2.67. The van der Waals surface area contributed by atoms with E-state index in [1.807, 2.05) is 49.3 Å². The molecule has 1 atom stereocenters. The van der Waals surface area contributed by atoms with E-state index >= 15 is 0 Å². The molecule has 0 spiro atoms. The summed E-state index contributed by atoms with van der Waals surface area (Å²) < 4.78 is 40.6. The first kappa shape index (κ1) is 21.7. The molecule has 2 N–H and O–H groups in total. The first-order valence-corrected chi connectivity index (χ1v) is 10.1. The van der Waals surface area contributed by atoms with E-state index in [-0.39, 0.29) is 18.2 Å². The number of rotatable bonds is 9. The third kappa shape index (κ3) is 5.48. The zero-order chi connectivity index (χ0) is 20.7. The van der Waals surface area contributed by atoms with Crippen molar-refractivity contribution >= 4 is 15.9 Å². The monoisotopic (exact) mass is 405 g/mol. The predicted molar refractivity (Wildman–Crippen MR) is 107 cm³/mol. The van der Waals surface area contributed by atoms with Crippen LogP contribution in [0.15, 0.2) is 66.1 Å². The Kier molecular flexibility index (Phi) is 7.45. The first-order chi connectivity index (χ1) is 13.3. The minimum atomic E-state index is -4.08. The lowest BCUT2D eigenvalue weighted by Crippen LogP contribution is -2.34. The van der Waals surface area contributed by atoms with Crippen LogP contribution in [0.4, 0.5) is 4.39 Å². The maximum Gasteiger partial charge on any atom is 0.251 e. The molecule has 0 bridgehead atoms. The second-order valence-corrected chi connectivity index (χ2v) is 8.12. The van der Waals surface area contributed by atoms with E-state index in [1.54, 1.807) is 0 Å². The number of nitrogens with zero attached hydrogens (tertiary/aromatic N) is 1. The third-order valence-corrected chi connectivity index (χ3v) is 5.60. The van der Waals surface area contributed by atoms with E-state index in [4.69, 9.17) is 0 Å². The summed E-state index contributed by atoms with van der Waals surface area (Å²) >= 11 is 0. The summed E-state index contributed by atoms with van der Waals surface area (Å²) in [5.74, 6) is -1.41. The Labute approximate surface area is 165 Å². The minimum absolute atomic E-state index is 0.0419. The van der Waals surface area contributed by atoms with Gasteiger partial charge in [0.15, 0.2) is 0 Å². The van der Waals surface area contributed by atoms with Gasteiger partial charge in [0.25, 0.3) is 5.91 Å². The molecule has 0 aliphatic heterocycles. The molecule has 0 aliphatic rings. The molecular formula is C20H24FN3O3S. The van der Waals surface area contributed by atoms with Crippen LogP contribution in [-0.4, -0.2) is 46.4 Å². The van der Waals surface area contributed by atoms with Gasteiger partial charge < -0.3 is 10.2 Å². The largest absolute Gasteiger partial charge is 0.350 e. The van der Waals surface area contributed by atoms with E-state index in [2.05, 4.69) is 16.6 Å². The molecule has 0 saturated heterocycles. The number of carbonyl (C=O) groups is 1. The van der Waals surface area contributed by atoms with Crippen molar-refractivity contribution in [3.05, 3.63) is 78.1 Å². The Morgan fingerprint density at radius 3 is 2.50 bits per heavy atom. The van der Waals surface area contributed by atoms with Crippen molar-refractivity contribution in [3.8, 4) is 0 Å². The molecule has 0 saturated carbocycles. The van der Waals surface area contributed by atoms with E-state index in [0.29, 0.717) is 6.54 Å². The summed E-state index contributed by atoms with van der Waals surface area (Å²) in [5.41, 5.74) is 1.09. The molecule has 0 heterocycles. The standard InChI is InChI=1S/C20H24FN3O3S/c1-4-12-23-28(26,27)19-13-16(10-11-17(19)21)20(25)22-14-18(24(2)3)15-8-6-5-7-9-15/h4-11,13,18,23H,1,12,14H2,2-3H3,(H,22,25). The van der Waals surface area contributed by atoms with Crippen LogP contribution in [0.2, 0.25) is 0 Å². The summed E-state index contributed by atoms with van der Waals surface area (Å²) in [6, 6.07) is 12.9. The van der Waals surface area contributed by atoms with Crippen LogP contribution in [-0.2, 0) is 10.0 Å². The zero-order valence-electron chi connectivity index (χ0n) is 15.9. The van der Waals surface area contributed by atoms with Crippen LogP contribution in [0.3, 0.4) is 0 Å². The second kappa shape index (κ2) is 9.59. The highest BCUT2D eigenvalue weighted by Gasteiger charge is 2.21. The van der Waals surface area contributed by atoms with Gasteiger partial charge in [0.1, 0.15) is 10.7 Å². The van der Waals surface area contributed by atoms with E-state index in [9.17, 15) is 17.6 Å². The van der Waals surface area contributed by atoms with Crippen LogP contribution < -0.4 is 10.0 Å². The highest BCUT2D eigenvalue weighted by molar-refractivity contribution is 7.89. The van der Waals surface area contributed by atoms with Gasteiger partial charge in [-0.3, -0.25) is 4.79 Å². The van der Waals surface area contributed by atoms with Crippen LogP contribution in [0, 0.1) is 5.82 Å². The van der Waals surface area contributed by atoms with E-state index in [0.717, 1.165) is 17.7 Å². The molecular weight excluding hydrogens is 381 g/mol. The Morgan fingerprint density at radius 1 is 1.21 bits per heavy atom. The summed E-state index contributed by atoms with van der Waals surface area (Å²) in [5, 5.41) is 2.79. The fourth-order valence-corrected chi connectivity index (χ4v) is 3.76. The lowest BCUT2D eigenvalue weighted by atomic mass is 10.1. The van der Waals surface area contributed by atoms with Crippen molar-refractivity contribution in [3.63, 3.8) is 0 Å². The molecule has 1 unspecified atom stereocenters. The smallest absolute Gasteiger partial charge is 0.251 e. The molecule has 0 fully saturated rings. The molecule has 6 nitrogen and oxygen atoms in total. The fraction of sp³-hybridized carbons (Fsp3) is 0.250. The van der Waals surface area contributed by atoms with Crippen LogP contribution in [0.25, 0.3) is 0 Å². The average molecular weight is 405 g/mol. The van der Waals surface area contributed by atoms with Gasteiger partial charge in [0.05, 0.1) is 6.04 Å². The zero-order valence-corrected chi connectivity index (χ0v) is 16.7. The van der Waals surface area contributed by atoms with Crippen LogP contribution >= 0.6 is 0 Å². The first-order valence-electron chi connectivity index (χ1n) is 8.66. The number of carbonyl (C=O) groups excluding carboxylic acids is 1. The molecule has 0 radical (unpaired) electrons. The highest BCUT2D eigenvalue weighted by atomic mass is 32.2. The lowest BCUT2D eigenvalue weighted by Gasteiger charge is -2.25. The SMILES string of the molecule is C=CCNS(=O)(=O)c1cc(C(=O)NCC(c2ccccc2)N(C)C)ccc1F. The molecule has 0 aliphatic carbocycles. The predicted octanol–water partition coefficient (Wildman–Crippen LogP) is 2.32. The molecule has 1 amide bonds. The van der Waals surface area contributed by atoms with Crippen molar-refractivity contribution in [2.45, 2.75) is 10.9 Å². The van der Waals surface area contributed by atoms with Gasteiger partial charge in [0, 0.05) is 18.7 Å². The highest BCUT2D eigenvalue weighted by Crippen LogP contribution is 2.19. The van der Waals surface area contributed by atoms with Gasteiger partial charge in [0.2, 0.25) is 10.0 Å². The van der Waals surface area contributed by atoms with Crippen molar-refractivity contribution in [1.82, 2.24) is 14.9 Å². The third-order valence-electron chi connectivity index (χ3n) is 4.16. The summed E-state index contributed by atoms with van der Waals surface area (Å²) in [4.78, 5) is 13.9. The number of halogens is 1. The fourth-order valence-electron chi connectivity index (χ4n) is 2.66. The van der Waals surface area contributed by atoms with Gasteiger partial charge in [-0.05, 0) is 37.9 Å². The van der Waals surface area contributed by atoms with Gasteiger partial charge in [-0.15, -0.1) is 6.58 Å². The van der Waals surface area contributed by atoms with Gasteiger partial charge in [-0.25, -0.2) is 17.5 Å². The number of benzene rings is 2. The number of likely N-dealkylation sites (N-methyl/N-ethyl adjacent to an activating group) is 1. The van der Waals surface area contributed by atoms with Crippen molar-refractivity contribution < 1.29 is 17.6 Å². The normalized spacial score (nSPS) is 12.6. The molecule has 2 aromatic rings. The van der Waals surface area contributed by atoms with Crippen LogP contribution in [0.5, 0.6) is 0 Å². The number of sulfonamides is 1. The van der Waals surface area contributed by atoms with Crippen molar-refractivity contribution in [1.29, 1.82) is 0 Å². The number of hydrogen-bond acceptors (Lipinski definition) is 4. The Balaban J connectivity index is 2.18. The molecule has 150 valence electrons. The van der Waals surface area contributed by atoms with Gasteiger partial charge >= 0.3 is 0 Å². The molecule has 2 rings (SSSR count). The Morgan fingerprint density at radius 2 is 1.89 bits per heavy atom. The number of amides is 1. The Bertz CT molecular complexity index is 931. The van der Waals surface area contributed by atoms with Crippen molar-refractivity contribution in [2.75, 3.05) is 27.2 Å². The van der Waals surface area contributed by atoms with Crippen LogP contribution in [0.1, 0.15) is 22.0 Å². The Hall–Kier alpha value is -2.55. The van der Waals surface area contributed by atoms with Gasteiger partial charge in [-0.2, -0.15) is 0 Å². The summed E-state index contributed by atoms with van der Waals surface area (Å²) in [6.07, 6.45) is 1.34. The maximum atomic E-state index is 14.0. The number of hydrogen-bond donors (Lipinski definition) is 2. The second-order valence-electron chi connectivity index (χ2n) is 6.39. The molecule has 2 aromatic carbocycles. The quantitative estimate of drug-likeness (QED) is 0.628. The lowest BCUT2D eigenvalue weighted by molar-refractivity contribution is 0.0941. The number of nitrogens with one attached hydrogen (secondary N) is 2. The molecule has 0 aromatic heterocycles. The maximum absolute atomic E-state index is 14.0. The summed E-state index contributed by atoms with van der Waals surface area (Å²) in [7, 11) is -0.280. The minimum Gasteiger partial charge on any atom is -0.350 e. The summed E-state index contributed by atoms with van der Waals surface area (Å²) in [6.45, 7) is 3.68.